The van der Waals surface area contributed by atoms with Gasteiger partial charge in [0, 0.05) is 25.7 Å². The van der Waals surface area contributed by atoms with Crippen LogP contribution in [0, 0.1) is 0 Å². The van der Waals surface area contributed by atoms with Crippen LogP contribution in [0.1, 0.15) is 26.7 Å². The first-order chi connectivity index (χ1) is 17.9. The highest BCUT2D eigenvalue weighted by Crippen LogP contribution is 2.32. The fourth-order valence-electron chi connectivity index (χ4n) is 4.15. The second kappa shape index (κ2) is 10.7. The van der Waals surface area contributed by atoms with Crippen molar-refractivity contribution in [2.75, 3.05) is 22.5 Å². The zero-order chi connectivity index (χ0) is 27.7. The molecule has 38 heavy (non-hydrogen) atoms. The summed E-state index contributed by atoms with van der Waals surface area (Å²) in [6, 6.07) is 10.8. The lowest BCUT2D eigenvalue weighted by Crippen LogP contribution is -2.43. The third-order valence-electron chi connectivity index (χ3n) is 6.00. The van der Waals surface area contributed by atoms with Gasteiger partial charge in [-0.05, 0) is 57.0 Å². The Morgan fingerprint density at radius 2 is 1.92 bits per heavy atom. The summed E-state index contributed by atoms with van der Waals surface area (Å²) in [4.78, 5) is 22.6. The molecule has 4 rings (SSSR count). The molecule has 0 radical (unpaired) electrons. The number of piperidine rings is 1. The SMILES string of the molecule is CC(C)=CCn1c(N2CCCC(N)C2)nc2ccc(N(OC(=O)C(F)(F)F)S(=O)(=O)c3ccccc3)cc21. The molecule has 1 fully saturated rings. The van der Waals surface area contributed by atoms with E-state index in [-0.39, 0.29) is 21.1 Å². The Hall–Kier alpha value is -3.58. The van der Waals surface area contributed by atoms with E-state index in [0.29, 0.717) is 30.1 Å². The molecule has 2 aromatic carbocycles. The Kier molecular flexibility index (Phi) is 7.70. The van der Waals surface area contributed by atoms with Gasteiger partial charge in [0.15, 0.2) is 0 Å². The number of rotatable bonds is 7. The lowest BCUT2D eigenvalue weighted by Gasteiger charge is -2.31. The summed E-state index contributed by atoms with van der Waals surface area (Å²) in [6.45, 7) is 5.51. The van der Waals surface area contributed by atoms with Crippen molar-refractivity contribution in [3.8, 4) is 0 Å². The van der Waals surface area contributed by atoms with Crippen molar-refractivity contribution >= 4 is 38.7 Å². The van der Waals surface area contributed by atoms with Crippen LogP contribution in [0.4, 0.5) is 24.8 Å². The first-order valence-electron chi connectivity index (χ1n) is 11.9. The summed E-state index contributed by atoms with van der Waals surface area (Å²) < 4.78 is 67.9. The number of benzene rings is 2. The van der Waals surface area contributed by atoms with Crippen molar-refractivity contribution in [3.05, 3.63) is 60.2 Å². The van der Waals surface area contributed by atoms with Gasteiger partial charge in [-0.2, -0.15) is 21.6 Å². The molecule has 0 spiro atoms. The number of fused-ring (bicyclic) bond motifs is 1. The maximum atomic E-state index is 13.3. The van der Waals surface area contributed by atoms with Crippen LogP contribution in [0.15, 0.2) is 65.1 Å². The highest BCUT2D eigenvalue weighted by molar-refractivity contribution is 7.92. The molecule has 3 aromatic rings. The summed E-state index contributed by atoms with van der Waals surface area (Å²) in [5, 5.41) is 0. The number of imidazole rings is 1. The largest absolute Gasteiger partial charge is 0.493 e. The highest BCUT2D eigenvalue weighted by atomic mass is 32.2. The van der Waals surface area contributed by atoms with E-state index in [2.05, 4.69) is 4.84 Å². The predicted molar refractivity (Wildman–Crippen MR) is 137 cm³/mol. The molecule has 0 saturated carbocycles. The number of nitrogens with zero attached hydrogens (tertiary/aromatic N) is 4. The van der Waals surface area contributed by atoms with E-state index in [1.54, 1.807) is 6.07 Å². The number of halogens is 3. The number of sulfonamides is 1. The van der Waals surface area contributed by atoms with Gasteiger partial charge in [0.05, 0.1) is 21.6 Å². The smallest absolute Gasteiger partial charge is 0.341 e. The number of carbonyl (C=O) groups excluding carboxylic acids is 1. The fraction of sp³-hybridized carbons (Fsp3) is 0.360. The van der Waals surface area contributed by atoms with E-state index in [0.717, 1.165) is 25.0 Å². The van der Waals surface area contributed by atoms with Gasteiger partial charge in [-0.25, -0.2) is 9.78 Å². The van der Waals surface area contributed by atoms with Crippen LogP contribution in [-0.4, -0.2) is 49.2 Å². The van der Waals surface area contributed by atoms with Gasteiger partial charge in [-0.15, -0.1) is 0 Å². The summed E-state index contributed by atoms with van der Waals surface area (Å²) in [7, 11) is -4.72. The minimum absolute atomic E-state index is 0.00628. The number of hydrogen-bond acceptors (Lipinski definition) is 7. The van der Waals surface area contributed by atoms with Crippen LogP contribution in [0.5, 0.6) is 0 Å². The average molecular weight is 552 g/mol. The number of carbonyl (C=O) groups is 1. The zero-order valence-electron chi connectivity index (χ0n) is 20.9. The van der Waals surface area contributed by atoms with Crippen LogP contribution in [0.25, 0.3) is 11.0 Å². The first-order valence-corrected chi connectivity index (χ1v) is 13.4. The number of nitrogens with two attached hydrogens (primary N) is 1. The van der Waals surface area contributed by atoms with Crippen molar-refractivity contribution in [2.45, 2.75) is 50.3 Å². The molecule has 1 atom stereocenters. The zero-order valence-corrected chi connectivity index (χ0v) is 21.7. The molecule has 2 heterocycles. The van der Waals surface area contributed by atoms with Gasteiger partial charge >= 0.3 is 12.1 Å². The predicted octanol–water partition coefficient (Wildman–Crippen LogP) is 4.15. The molecule has 2 N–H and O–H groups in total. The Balaban J connectivity index is 1.87. The average Bonchev–Trinajstić information content (AvgIpc) is 3.23. The Morgan fingerprint density at radius 1 is 1.21 bits per heavy atom. The van der Waals surface area contributed by atoms with E-state index in [1.165, 1.54) is 42.5 Å². The molecular formula is C25H28F3N5O4S. The number of aromatic nitrogens is 2. The summed E-state index contributed by atoms with van der Waals surface area (Å²) in [5.74, 6) is -2.06. The molecular weight excluding hydrogens is 523 g/mol. The standard InChI is InChI=1S/C25H28F3N5O4S/c1-17(2)12-14-32-22-15-19(10-11-21(22)30-24(32)31-13-6-7-18(29)16-31)33(37-23(34)25(26,27)28)38(35,36)20-8-4-3-5-9-20/h3-5,8-12,15,18H,6-7,13-14,16,29H2,1-2H3. The Bertz CT molecular complexity index is 1450. The molecule has 204 valence electrons. The van der Waals surface area contributed by atoms with Gasteiger partial charge in [0.2, 0.25) is 5.95 Å². The van der Waals surface area contributed by atoms with Crippen molar-refractivity contribution in [3.63, 3.8) is 0 Å². The number of anilines is 2. The van der Waals surface area contributed by atoms with Crippen LogP contribution in [0.3, 0.4) is 0 Å². The maximum absolute atomic E-state index is 13.3. The van der Waals surface area contributed by atoms with Crippen LogP contribution in [0.2, 0.25) is 0 Å². The minimum Gasteiger partial charge on any atom is -0.341 e. The summed E-state index contributed by atoms with van der Waals surface area (Å²) in [5.41, 5.74) is 7.84. The quantitative estimate of drug-likeness (QED) is 0.347. The maximum Gasteiger partial charge on any atom is 0.493 e. The van der Waals surface area contributed by atoms with E-state index >= 15 is 0 Å². The lowest BCUT2D eigenvalue weighted by molar-refractivity contribution is -0.199. The van der Waals surface area contributed by atoms with E-state index in [1.807, 2.05) is 29.4 Å². The number of hydrogen-bond donors (Lipinski definition) is 1. The van der Waals surface area contributed by atoms with E-state index in [9.17, 15) is 26.4 Å². The van der Waals surface area contributed by atoms with Gasteiger partial charge in [-0.1, -0.05) is 34.3 Å². The van der Waals surface area contributed by atoms with Gasteiger partial charge in [0.25, 0.3) is 10.0 Å². The topological polar surface area (TPSA) is 111 Å². The molecule has 1 aliphatic rings. The molecule has 0 aliphatic carbocycles. The Labute approximate surface area is 218 Å². The molecule has 1 saturated heterocycles. The fourth-order valence-corrected chi connectivity index (χ4v) is 5.40. The van der Waals surface area contributed by atoms with Crippen LogP contribution >= 0.6 is 0 Å². The van der Waals surface area contributed by atoms with Crippen molar-refractivity contribution in [1.29, 1.82) is 0 Å². The molecule has 1 unspecified atom stereocenters. The second-order valence-corrected chi connectivity index (χ2v) is 11.0. The molecule has 1 aliphatic heterocycles. The van der Waals surface area contributed by atoms with Crippen LogP contribution in [-0.2, 0) is 26.2 Å². The molecule has 13 heteroatoms. The normalized spacial score (nSPS) is 16.4. The van der Waals surface area contributed by atoms with E-state index in [4.69, 9.17) is 10.7 Å². The lowest BCUT2D eigenvalue weighted by atomic mass is 10.1. The molecule has 1 aromatic heterocycles. The van der Waals surface area contributed by atoms with Crippen molar-refractivity contribution < 1.29 is 31.2 Å². The van der Waals surface area contributed by atoms with E-state index < -0.39 is 22.2 Å². The Morgan fingerprint density at radius 3 is 2.55 bits per heavy atom. The number of alkyl halides is 3. The third kappa shape index (κ3) is 5.78. The highest BCUT2D eigenvalue weighted by Gasteiger charge is 2.45. The molecule has 0 bridgehead atoms. The number of allylic oxidation sites excluding steroid dienone is 2. The molecule has 9 nitrogen and oxygen atoms in total. The van der Waals surface area contributed by atoms with Crippen molar-refractivity contribution in [2.24, 2.45) is 5.73 Å². The van der Waals surface area contributed by atoms with Gasteiger partial charge in [-0.3, -0.25) is 0 Å². The second-order valence-electron chi connectivity index (χ2n) is 9.25. The van der Waals surface area contributed by atoms with Crippen LogP contribution < -0.4 is 15.1 Å². The summed E-state index contributed by atoms with van der Waals surface area (Å²) in [6.07, 6.45) is -1.72. The summed E-state index contributed by atoms with van der Waals surface area (Å²) >= 11 is 0. The first kappa shape index (κ1) is 27.5. The monoisotopic (exact) mass is 551 g/mol. The van der Waals surface area contributed by atoms with Gasteiger partial charge < -0.3 is 20.0 Å². The van der Waals surface area contributed by atoms with Crippen molar-refractivity contribution in [1.82, 2.24) is 9.55 Å². The van der Waals surface area contributed by atoms with Gasteiger partial charge in [0.1, 0.15) is 0 Å². The minimum atomic E-state index is -5.42. The third-order valence-corrected chi connectivity index (χ3v) is 7.59. The molecule has 0 amide bonds.